The summed E-state index contributed by atoms with van der Waals surface area (Å²) in [6.07, 6.45) is 6.94. The number of fused-ring (bicyclic) bond motifs is 3. The maximum absolute atomic E-state index is 2.42. The third-order valence-electron chi connectivity index (χ3n) is 3.27. The monoisotopic (exact) mass is 197 g/mol. The van der Waals surface area contributed by atoms with Crippen molar-refractivity contribution >= 4 is 17.0 Å². The van der Waals surface area contributed by atoms with Crippen molar-refractivity contribution in [1.82, 2.24) is 4.57 Å². The van der Waals surface area contributed by atoms with E-state index in [1.54, 1.807) is 0 Å². The molecule has 1 heterocycles. The number of aromatic nitrogens is 1. The number of hydrogen-bond donors (Lipinski definition) is 0. The highest BCUT2D eigenvalue weighted by Gasteiger charge is 2.15. The van der Waals surface area contributed by atoms with Crippen molar-refractivity contribution in [2.45, 2.75) is 26.3 Å². The minimum Gasteiger partial charge on any atom is -0.341 e. The largest absolute Gasteiger partial charge is 0.341 e. The molecular formula is C14H15N. The number of rotatable bonds is 1. The number of para-hydroxylation sites is 1. The van der Waals surface area contributed by atoms with E-state index in [1.165, 1.54) is 35.0 Å². The average molecular weight is 197 g/mol. The minimum absolute atomic E-state index is 1.06. The topological polar surface area (TPSA) is 4.93 Å². The van der Waals surface area contributed by atoms with Crippen LogP contribution >= 0.6 is 0 Å². The van der Waals surface area contributed by atoms with Gasteiger partial charge in [0.25, 0.3) is 0 Å². The van der Waals surface area contributed by atoms with Crippen molar-refractivity contribution in [3.63, 3.8) is 0 Å². The Morgan fingerprint density at radius 1 is 1.27 bits per heavy atom. The van der Waals surface area contributed by atoms with E-state index in [2.05, 4.69) is 47.9 Å². The van der Waals surface area contributed by atoms with Crippen LogP contribution in [0, 0.1) is 0 Å². The molecule has 0 amide bonds. The first-order chi connectivity index (χ1) is 7.42. The third kappa shape index (κ3) is 1.16. The summed E-state index contributed by atoms with van der Waals surface area (Å²) in [4.78, 5) is 0. The molecule has 1 aromatic heterocycles. The number of allylic oxidation sites excluding steroid dienone is 1. The molecule has 1 aliphatic carbocycles. The van der Waals surface area contributed by atoms with Gasteiger partial charge in [-0.15, -0.1) is 0 Å². The van der Waals surface area contributed by atoms with E-state index in [4.69, 9.17) is 0 Å². The zero-order chi connectivity index (χ0) is 10.3. The standard InChI is InChI=1S/C14H15N/c1-2-15-13-9-5-3-7-11(13)12-8-4-6-10-14(12)15/h3,5-7,9-10H,2,4,8H2,1H3. The van der Waals surface area contributed by atoms with Crippen molar-refractivity contribution in [3.8, 4) is 0 Å². The van der Waals surface area contributed by atoms with Gasteiger partial charge in [0.2, 0.25) is 0 Å². The zero-order valence-electron chi connectivity index (χ0n) is 9.03. The van der Waals surface area contributed by atoms with Gasteiger partial charge < -0.3 is 4.57 Å². The van der Waals surface area contributed by atoms with Crippen molar-refractivity contribution < 1.29 is 0 Å². The number of aryl methyl sites for hydroxylation is 2. The Labute approximate surface area is 90.0 Å². The molecule has 0 saturated carbocycles. The van der Waals surface area contributed by atoms with Gasteiger partial charge in [-0.1, -0.05) is 24.3 Å². The maximum Gasteiger partial charge on any atom is 0.0487 e. The zero-order valence-corrected chi connectivity index (χ0v) is 9.03. The Morgan fingerprint density at radius 3 is 3.00 bits per heavy atom. The molecule has 0 atom stereocenters. The van der Waals surface area contributed by atoms with Crippen LogP contribution in [-0.2, 0) is 13.0 Å². The summed E-state index contributed by atoms with van der Waals surface area (Å²) in [7, 11) is 0. The molecule has 0 radical (unpaired) electrons. The highest BCUT2D eigenvalue weighted by Crippen LogP contribution is 2.30. The second-order valence-corrected chi connectivity index (χ2v) is 4.07. The molecule has 1 aliphatic rings. The fourth-order valence-corrected chi connectivity index (χ4v) is 2.61. The summed E-state index contributed by atoms with van der Waals surface area (Å²) >= 11 is 0. The molecule has 76 valence electrons. The first-order valence-corrected chi connectivity index (χ1v) is 5.68. The first kappa shape index (κ1) is 8.78. The molecule has 0 spiro atoms. The summed E-state index contributed by atoms with van der Waals surface area (Å²) in [6, 6.07) is 8.75. The smallest absolute Gasteiger partial charge is 0.0487 e. The molecule has 0 aliphatic heterocycles. The van der Waals surface area contributed by atoms with E-state index >= 15 is 0 Å². The minimum atomic E-state index is 1.06. The van der Waals surface area contributed by atoms with Crippen LogP contribution in [0.1, 0.15) is 24.6 Å². The quantitative estimate of drug-likeness (QED) is 0.658. The average Bonchev–Trinajstić information content (AvgIpc) is 2.63. The lowest BCUT2D eigenvalue weighted by Crippen LogP contribution is -1.99. The summed E-state index contributed by atoms with van der Waals surface area (Å²) in [5.41, 5.74) is 4.34. The fourth-order valence-electron chi connectivity index (χ4n) is 2.61. The van der Waals surface area contributed by atoms with Crippen molar-refractivity contribution in [2.24, 2.45) is 0 Å². The number of benzene rings is 1. The van der Waals surface area contributed by atoms with E-state index in [0.29, 0.717) is 0 Å². The SMILES string of the molecule is CCn1c2c(c3ccccc31)CCC=C2. The Morgan fingerprint density at radius 2 is 2.13 bits per heavy atom. The van der Waals surface area contributed by atoms with Gasteiger partial charge in [0.05, 0.1) is 0 Å². The molecule has 0 bridgehead atoms. The Hall–Kier alpha value is -1.50. The van der Waals surface area contributed by atoms with E-state index in [-0.39, 0.29) is 0 Å². The predicted octanol–water partition coefficient (Wildman–Crippen LogP) is 3.62. The van der Waals surface area contributed by atoms with Crippen LogP contribution in [0.5, 0.6) is 0 Å². The number of nitrogens with zero attached hydrogens (tertiary/aromatic N) is 1. The van der Waals surface area contributed by atoms with Gasteiger partial charge in [0.1, 0.15) is 0 Å². The van der Waals surface area contributed by atoms with Gasteiger partial charge in [0.15, 0.2) is 0 Å². The molecule has 0 fully saturated rings. The molecule has 1 heteroatoms. The second kappa shape index (κ2) is 3.27. The van der Waals surface area contributed by atoms with E-state index in [1.807, 2.05) is 0 Å². The van der Waals surface area contributed by atoms with Gasteiger partial charge >= 0.3 is 0 Å². The Kier molecular flexibility index (Phi) is 1.91. The van der Waals surface area contributed by atoms with Crippen LogP contribution in [0.2, 0.25) is 0 Å². The lowest BCUT2D eigenvalue weighted by atomic mass is 10.0. The first-order valence-electron chi connectivity index (χ1n) is 5.68. The molecule has 3 rings (SSSR count). The van der Waals surface area contributed by atoms with Crippen LogP contribution in [-0.4, -0.2) is 4.57 Å². The van der Waals surface area contributed by atoms with Crippen LogP contribution in [0.25, 0.3) is 17.0 Å². The predicted molar refractivity (Wildman–Crippen MR) is 65.0 cm³/mol. The summed E-state index contributed by atoms with van der Waals surface area (Å²) in [5.74, 6) is 0. The van der Waals surface area contributed by atoms with Crippen molar-refractivity contribution in [1.29, 1.82) is 0 Å². The van der Waals surface area contributed by atoms with Crippen molar-refractivity contribution in [3.05, 3.63) is 41.6 Å². The Bertz CT molecular complexity index is 517. The van der Waals surface area contributed by atoms with Crippen molar-refractivity contribution in [2.75, 3.05) is 0 Å². The fraction of sp³-hybridized carbons (Fsp3) is 0.286. The van der Waals surface area contributed by atoms with Crippen LogP contribution in [0.4, 0.5) is 0 Å². The molecule has 0 saturated heterocycles. The normalized spacial score (nSPS) is 14.5. The number of hydrogen-bond acceptors (Lipinski definition) is 0. The Balaban J connectivity index is 2.43. The molecule has 0 unspecified atom stereocenters. The lowest BCUT2D eigenvalue weighted by molar-refractivity contribution is 0.778. The van der Waals surface area contributed by atoms with E-state index < -0.39 is 0 Å². The van der Waals surface area contributed by atoms with E-state index in [9.17, 15) is 0 Å². The van der Waals surface area contributed by atoms with Gasteiger partial charge in [0, 0.05) is 23.1 Å². The highest BCUT2D eigenvalue weighted by molar-refractivity contribution is 5.88. The van der Waals surface area contributed by atoms with Crippen LogP contribution in [0.15, 0.2) is 30.3 Å². The summed E-state index contributed by atoms with van der Waals surface area (Å²) in [6.45, 7) is 3.27. The third-order valence-corrected chi connectivity index (χ3v) is 3.27. The molecule has 2 aromatic rings. The van der Waals surface area contributed by atoms with Gasteiger partial charge in [-0.05, 0) is 37.5 Å². The molecule has 1 nitrogen and oxygen atoms in total. The van der Waals surface area contributed by atoms with Crippen LogP contribution < -0.4 is 0 Å². The lowest BCUT2D eigenvalue weighted by Gasteiger charge is -2.08. The van der Waals surface area contributed by atoms with E-state index in [0.717, 1.165) is 6.54 Å². The molecule has 0 N–H and O–H groups in total. The van der Waals surface area contributed by atoms with Gasteiger partial charge in [-0.3, -0.25) is 0 Å². The van der Waals surface area contributed by atoms with Gasteiger partial charge in [-0.2, -0.15) is 0 Å². The summed E-state index contributed by atoms with van der Waals surface area (Å²) in [5, 5.41) is 1.44. The van der Waals surface area contributed by atoms with Gasteiger partial charge in [-0.25, -0.2) is 0 Å². The highest BCUT2D eigenvalue weighted by atomic mass is 15.0. The molecule has 15 heavy (non-hydrogen) atoms. The summed E-state index contributed by atoms with van der Waals surface area (Å²) < 4.78 is 2.42. The maximum atomic E-state index is 2.42. The second-order valence-electron chi connectivity index (χ2n) is 4.07. The molecular weight excluding hydrogens is 182 g/mol. The van der Waals surface area contributed by atoms with Crippen LogP contribution in [0.3, 0.4) is 0 Å². The molecule has 1 aromatic carbocycles.